The summed E-state index contributed by atoms with van der Waals surface area (Å²) in [4.78, 5) is 47.3. The number of amides is 3. The maximum Gasteiger partial charge on any atom is 0.417 e. The molecule has 7 nitrogen and oxygen atoms in total. The maximum absolute atomic E-state index is 13.0. The number of alkyl halides is 3. The van der Waals surface area contributed by atoms with Crippen molar-refractivity contribution in [2.24, 2.45) is 0 Å². The average Bonchev–Trinajstić information content (AvgIpc) is 2.88. The highest BCUT2D eigenvalue weighted by molar-refractivity contribution is 6.25. The third kappa shape index (κ3) is 4.38. The molecule has 0 radical (unpaired) electrons. The van der Waals surface area contributed by atoms with Crippen LogP contribution in [0.1, 0.15) is 39.1 Å². The number of benzene rings is 2. The second-order valence-electron chi connectivity index (χ2n) is 8.85. The fourth-order valence-corrected chi connectivity index (χ4v) is 4.76. The maximum atomic E-state index is 13.0. The normalized spacial score (nSPS) is 16.1. The summed E-state index contributed by atoms with van der Waals surface area (Å²) < 4.78 is 38.2. The highest BCUT2D eigenvalue weighted by Crippen LogP contribution is 2.31. The molecule has 0 bridgehead atoms. The van der Waals surface area contributed by atoms with Crippen LogP contribution >= 0.6 is 0 Å². The molecule has 0 saturated carbocycles. The number of halogens is 3. The van der Waals surface area contributed by atoms with Gasteiger partial charge in [0.2, 0.25) is 5.91 Å². The fourth-order valence-electron chi connectivity index (χ4n) is 4.76. The molecular weight excluding hydrogens is 473 g/mol. The second kappa shape index (κ2) is 9.25. The lowest BCUT2D eigenvalue weighted by Gasteiger charge is -2.35. The lowest BCUT2D eigenvalue weighted by Crippen LogP contribution is -2.49. The third-order valence-corrected chi connectivity index (χ3v) is 6.66. The van der Waals surface area contributed by atoms with E-state index < -0.39 is 11.7 Å². The molecular formula is C26H23F3N4O3. The number of imide groups is 1. The summed E-state index contributed by atoms with van der Waals surface area (Å²) in [5, 5.41) is 1.51. The molecule has 1 saturated heterocycles. The fraction of sp³-hybridized carbons (Fsp3) is 0.308. The van der Waals surface area contributed by atoms with E-state index in [0.717, 1.165) is 17.6 Å². The number of rotatable bonds is 5. The van der Waals surface area contributed by atoms with Gasteiger partial charge in [-0.15, -0.1) is 0 Å². The van der Waals surface area contributed by atoms with Crippen molar-refractivity contribution in [3.63, 3.8) is 0 Å². The number of hydrogen-bond donors (Lipinski definition) is 0. The molecule has 2 aromatic carbocycles. The van der Waals surface area contributed by atoms with Crippen LogP contribution in [-0.4, -0.2) is 65.2 Å². The van der Waals surface area contributed by atoms with E-state index in [1.54, 1.807) is 29.2 Å². The largest absolute Gasteiger partial charge is 0.417 e. The van der Waals surface area contributed by atoms with Gasteiger partial charge < -0.3 is 9.80 Å². The summed E-state index contributed by atoms with van der Waals surface area (Å²) >= 11 is 0. The summed E-state index contributed by atoms with van der Waals surface area (Å²) in [6, 6.07) is 13.1. The Morgan fingerprint density at radius 3 is 2.08 bits per heavy atom. The van der Waals surface area contributed by atoms with Crippen LogP contribution in [-0.2, 0) is 11.0 Å². The smallest absolute Gasteiger partial charge is 0.353 e. The summed E-state index contributed by atoms with van der Waals surface area (Å²) in [6.07, 6.45) is -3.09. The van der Waals surface area contributed by atoms with Crippen LogP contribution in [0.15, 0.2) is 54.7 Å². The Kier molecular flexibility index (Phi) is 6.11. The van der Waals surface area contributed by atoms with Gasteiger partial charge in [-0.25, -0.2) is 4.98 Å². The van der Waals surface area contributed by atoms with Gasteiger partial charge >= 0.3 is 6.18 Å². The molecule has 36 heavy (non-hydrogen) atoms. The lowest BCUT2D eigenvalue weighted by atomic mass is 9.94. The molecule has 3 aromatic rings. The van der Waals surface area contributed by atoms with Crippen molar-refractivity contribution in [2.75, 3.05) is 37.6 Å². The Balaban J connectivity index is 1.14. The van der Waals surface area contributed by atoms with E-state index in [-0.39, 0.29) is 30.7 Å². The first kappa shape index (κ1) is 23.8. The summed E-state index contributed by atoms with van der Waals surface area (Å²) in [5.74, 6) is -0.356. The highest BCUT2D eigenvalue weighted by Gasteiger charge is 2.33. The molecule has 1 aromatic heterocycles. The molecule has 0 N–H and O–H groups in total. The lowest BCUT2D eigenvalue weighted by molar-refractivity contribution is -0.138. The predicted molar refractivity (Wildman–Crippen MR) is 127 cm³/mol. The van der Waals surface area contributed by atoms with Crippen molar-refractivity contribution in [2.45, 2.75) is 19.0 Å². The Morgan fingerprint density at radius 1 is 0.889 bits per heavy atom. The Morgan fingerprint density at radius 2 is 1.53 bits per heavy atom. The average molecular weight is 496 g/mol. The van der Waals surface area contributed by atoms with Gasteiger partial charge in [-0.2, -0.15) is 13.2 Å². The van der Waals surface area contributed by atoms with Gasteiger partial charge in [0.05, 0.1) is 5.56 Å². The van der Waals surface area contributed by atoms with Crippen molar-refractivity contribution < 1.29 is 27.6 Å². The SMILES string of the molecule is O=C(CCCN1C(=O)c2cccc3cccc(c23)C1=O)N1CCN(c2ccc(C(F)(F)F)cn2)CC1. The van der Waals surface area contributed by atoms with E-state index in [9.17, 15) is 27.6 Å². The van der Waals surface area contributed by atoms with E-state index in [1.165, 1.54) is 11.0 Å². The van der Waals surface area contributed by atoms with Gasteiger partial charge in [-0.3, -0.25) is 19.3 Å². The predicted octanol–water partition coefficient (Wildman–Crippen LogP) is 3.98. The zero-order valence-corrected chi connectivity index (χ0v) is 19.3. The van der Waals surface area contributed by atoms with Crippen molar-refractivity contribution in [3.8, 4) is 0 Å². The first-order chi connectivity index (χ1) is 17.2. The monoisotopic (exact) mass is 496 g/mol. The standard InChI is InChI=1S/C26H23F3N4O3/c27-26(28,29)18-9-10-21(30-16-18)31-12-14-32(15-13-31)22(34)8-3-11-33-24(35)19-6-1-4-17-5-2-7-20(23(17)19)25(33)36/h1-2,4-7,9-10,16H,3,8,11-15H2. The van der Waals surface area contributed by atoms with Crippen molar-refractivity contribution >= 4 is 34.3 Å². The Labute approximate surface area is 205 Å². The second-order valence-corrected chi connectivity index (χ2v) is 8.85. The van der Waals surface area contributed by atoms with Gasteiger partial charge in [0.25, 0.3) is 11.8 Å². The molecule has 0 unspecified atom stereocenters. The van der Waals surface area contributed by atoms with Gasteiger partial charge in [-0.05, 0) is 36.1 Å². The molecule has 3 heterocycles. The molecule has 0 aliphatic carbocycles. The summed E-state index contributed by atoms with van der Waals surface area (Å²) in [5.41, 5.74) is 0.176. The molecule has 0 spiro atoms. The minimum absolute atomic E-state index is 0.0885. The van der Waals surface area contributed by atoms with Gasteiger partial charge in [-0.1, -0.05) is 24.3 Å². The molecule has 1 fully saturated rings. The minimum Gasteiger partial charge on any atom is -0.353 e. The highest BCUT2D eigenvalue weighted by atomic mass is 19.4. The third-order valence-electron chi connectivity index (χ3n) is 6.66. The molecule has 2 aliphatic heterocycles. The van der Waals surface area contributed by atoms with Gasteiger partial charge in [0.15, 0.2) is 0 Å². The molecule has 0 atom stereocenters. The van der Waals surface area contributed by atoms with E-state index in [4.69, 9.17) is 0 Å². The van der Waals surface area contributed by atoms with Gasteiger partial charge in [0, 0.05) is 61.9 Å². The number of carbonyl (C=O) groups is 3. The number of anilines is 1. The number of piperazine rings is 1. The van der Waals surface area contributed by atoms with Crippen LogP contribution in [0.25, 0.3) is 10.8 Å². The zero-order chi connectivity index (χ0) is 25.4. The van der Waals surface area contributed by atoms with Crippen LogP contribution in [0.4, 0.5) is 19.0 Å². The topological polar surface area (TPSA) is 73.8 Å². The van der Waals surface area contributed by atoms with Crippen molar-refractivity contribution in [3.05, 3.63) is 71.4 Å². The zero-order valence-electron chi connectivity index (χ0n) is 19.3. The van der Waals surface area contributed by atoms with E-state index in [0.29, 0.717) is 54.9 Å². The molecule has 5 rings (SSSR count). The number of pyridine rings is 1. The number of nitrogens with zero attached hydrogens (tertiary/aromatic N) is 4. The minimum atomic E-state index is -4.43. The van der Waals surface area contributed by atoms with Crippen LogP contribution in [0.5, 0.6) is 0 Å². The van der Waals surface area contributed by atoms with E-state index in [2.05, 4.69) is 4.98 Å². The Bertz CT molecular complexity index is 1280. The van der Waals surface area contributed by atoms with Crippen LogP contribution in [0.3, 0.4) is 0 Å². The van der Waals surface area contributed by atoms with E-state index >= 15 is 0 Å². The number of aromatic nitrogens is 1. The molecule has 186 valence electrons. The first-order valence-corrected chi connectivity index (χ1v) is 11.7. The number of carbonyl (C=O) groups excluding carboxylic acids is 3. The first-order valence-electron chi connectivity index (χ1n) is 11.7. The summed E-state index contributed by atoms with van der Waals surface area (Å²) in [7, 11) is 0. The number of hydrogen-bond acceptors (Lipinski definition) is 5. The quantitative estimate of drug-likeness (QED) is 0.500. The van der Waals surface area contributed by atoms with Crippen LogP contribution < -0.4 is 4.90 Å². The summed E-state index contributed by atoms with van der Waals surface area (Å²) in [6.45, 7) is 1.88. The van der Waals surface area contributed by atoms with E-state index in [1.807, 2.05) is 17.0 Å². The van der Waals surface area contributed by atoms with Crippen LogP contribution in [0.2, 0.25) is 0 Å². The molecule has 2 aliphatic rings. The Hall–Kier alpha value is -3.95. The van der Waals surface area contributed by atoms with Crippen molar-refractivity contribution in [1.29, 1.82) is 0 Å². The molecule has 3 amide bonds. The van der Waals surface area contributed by atoms with Crippen molar-refractivity contribution in [1.82, 2.24) is 14.8 Å². The molecule has 10 heteroatoms. The van der Waals surface area contributed by atoms with Gasteiger partial charge in [0.1, 0.15) is 5.82 Å². The van der Waals surface area contributed by atoms with Crippen LogP contribution in [0, 0.1) is 0 Å².